The lowest BCUT2D eigenvalue weighted by Crippen LogP contribution is -2.39. The van der Waals surface area contributed by atoms with Crippen LogP contribution in [0.1, 0.15) is 48.9 Å². The molecule has 226 valence electrons. The van der Waals surface area contributed by atoms with Crippen molar-refractivity contribution < 1.29 is 33.6 Å². The quantitative estimate of drug-likeness (QED) is 0.111. The molecule has 2 aromatic rings. The fourth-order valence-corrected chi connectivity index (χ4v) is 5.34. The maximum atomic E-state index is 13.6. The Morgan fingerprint density at radius 3 is 2.55 bits per heavy atom. The monoisotopic (exact) mass is 578 g/mol. The molecule has 9 nitrogen and oxygen atoms in total. The second-order valence-electron chi connectivity index (χ2n) is 10.5. The van der Waals surface area contributed by atoms with Gasteiger partial charge in [0.1, 0.15) is 18.1 Å². The first-order chi connectivity index (χ1) is 20.4. The SMILES string of the molecule is C=CCOc1ccc(/C(O)=C2\C(=O)C(=O)N(CCCN3CCOCC3)C2c2ccc(OCCCC)c(OC)c2)c(C)c1. The number of morpholine rings is 1. The van der Waals surface area contributed by atoms with Crippen LogP contribution in [0.5, 0.6) is 17.2 Å². The van der Waals surface area contributed by atoms with E-state index in [9.17, 15) is 14.7 Å². The molecule has 0 radical (unpaired) electrons. The van der Waals surface area contributed by atoms with Crippen LogP contribution < -0.4 is 14.2 Å². The third-order valence-electron chi connectivity index (χ3n) is 7.60. The molecule has 1 amide bonds. The number of aryl methyl sites for hydroxylation is 1. The fourth-order valence-electron chi connectivity index (χ4n) is 5.34. The van der Waals surface area contributed by atoms with Crippen molar-refractivity contribution in [3.8, 4) is 17.2 Å². The first-order valence-corrected chi connectivity index (χ1v) is 14.6. The molecule has 0 saturated carbocycles. The summed E-state index contributed by atoms with van der Waals surface area (Å²) in [4.78, 5) is 30.9. The summed E-state index contributed by atoms with van der Waals surface area (Å²) in [7, 11) is 1.56. The van der Waals surface area contributed by atoms with Gasteiger partial charge in [-0.05, 0) is 61.2 Å². The van der Waals surface area contributed by atoms with E-state index >= 15 is 0 Å². The van der Waals surface area contributed by atoms with Gasteiger partial charge < -0.3 is 29.0 Å². The number of ether oxygens (including phenoxy) is 4. The molecule has 0 spiro atoms. The Bertz CT molecular complexity index is 1300. The maximum Gasteiger partial charge on any atom is 0.295 e. The molecule has 42 heavy (non-hydrogen) atoms. The molecule has 2 heterocycles. The third kappa shape index (κ3) is 7.14. The molecule has 4 rings (SSSR count). The number of hydrogen-bond acceptors (Lipinski definition) is 8. The number of aliphatic hydroxyl groups is 1. The number of carbonyl (C=O) groups is 2. The number of Topliss-reactive ketones (excluding diaryl/α,β-unsaturated/α-hetero) is 1. The number of ketones is 1. The summed E-state index contributed by atoms with van der Waals surface area (Å²) in [5.41, 5.74) is 1.88. The Hall–Kier alpha value is -3.82. The van der Waals surface area contributed by atoms with Crippen LogP contribution in [0.3, 0.4) is 0 Å². The average molecular weight is 579 g/mol. The van der Waals surface area contributed by atoms with Crippen molar-refractivity contribution in [3.63, 3.8) is 0 Å². The number of methoxy groups -OCH3 is 1. The van der Waals surface area contributed by atoms with Crippen LogP contribution in [0, 0.1) is 6.92 Å². The average Bonchev–Trinajstić information content (AvgIpc) is 3.25. The van der Waals surface area contributed by atoms with E-state index in [1.54, 1.807) is 48.4 Å². The fraction of sp³-hybridized carbons (Fsp3) is 0.455. The lowest BCUT2D eigenvalue weighted by molar-refractivity contribution is -0.140. The number of nitrogens with zero attached hydrogens (tertiary/aromatic N) is 2. The Morgan fingerprint density at radius 1 is 1.07 bits per heavy atom. The van der Waals surface area contributed by atoms with Crippen molar-refractivity contribution in [2.75, 3.05) is 59.7 Å². The van der Waals surface area contributed by atoms with E-state index in [1.165, 1.54) is 0 Å². The zero-order valence-electron chi connectivity index (χ0n) is 24.9. The van der Waals surface area contributed by atoms with E-state index in [-0.39, 0.29) is 11.3 Å². The summed E-state index contributed by atoms with van der Waals surface area (Å²) < 4.78 is 22.6. The highest BCUT2D eigenvalue weighted by Crippen LogP contribution is 2.42. The van der Waals surface area contributed by atoms with E-state index in [0.29, 0.717) is 73.3 Å². The van der Waals surface area contributed by atoms with E-state index in [0.717, 1.165) is 32.5 Å². The van der Waals surface area contributed by atoms with Gasteiger partial charge in [0.05, 0.1) is 38.5 Å². The molecule has 2 saturated heterocycles. The Kier molecular flexibility index (Phi) is 11.0. The van der Waals surface area contributed by atoms with Crippen molar-refractivity contribution >= 4 is 17.4 Å². The van der Waals surface area contributed by atoms with Crippen molar-refractivity contribution in [1.82, 2.24) is 9.80 Å². The van der Waals surface area contributed by atoms with Crippen molar-refractivity contribution in [2.45, 2.75) is 39.2 Å². The van der Waals surface area contributed by atoms with Crippen LogP contribution >= 0.6 is 0 Å². The van der Waals surface area contributed by atoms with Crippen LogP contribution in [0.15, 0.2) is 54.6 Å². The number of aliphatic hydroxyl groups excluding tert-OH is 1. The maximum absolute atomic E-state index is 13.6. The second kappa shape index (κ2) is 14.9. The lowest BCUT2D eigenvalue weighted by atomic mass is 9.93. The molecular formula is C33H42N2O7. The van der Waals surface area contributed by atoms with Gasteiger partial charge in [0, 0.05) is 31.7 Å². The highest BCUT2D eigenvalue weighted by molar-refractivity contribution is 6.46. The first-order valence-electron chi connectivity index (χ1n) is 14.6. The highest BCUT2D eigenvalue weighted by Gasteiger charge is 2.46. The molecule has 1 unspecified atom stereocenters. The van der Waals surface area contributed by atoms with E-state index in [1.807, 2.05) is 13.0 Å². The molecular weight excluding hydrogens is 536 g/mol. The lowest BCUT2D eigenvalue weighted by Gasteiger charge is -2.29. The summed E-state index contributed by atoms with van der Waals surface area (Å²) in [5.74, 6) is 0.149. The highest BCUT2D eigenvalue weighted by atomic mass is 16.5. The van der Waals surface area contributed by atoms with Crippen LogP contribution in [0.2, 0.25) is 0 Å². The minimum atomic E-state index is -0.788. The standard InChI is InChI=1S/C33H42N2O7/c1-5-7-18-42-27-12-9-24(22-28(27)39-4)30-29(31(36)26-11-10-25(21-23(26)3)41-17-6-2)32(37)33(38)35(30)14-8-13-34-15-19-40-20-16-34/h6,9-12,21-22,30,36H,2,5,7-8,13-20H2,1,3-4H3/b31-29+. The van der Waals surface area contributed by atoms with Gasteiger partial charge in [-0.15, -0.1) is 0 Å². The van der Waals surface area contributed by atoms with Gasteiger partial charge in [0.2, 0.25) is 0 Å². The van der Waals surface area contributed by atoms with Gasteiger partial charge in [0.15, 0.2) is 11.5 Å². The van der Waals surface area contributed by atoms with Crippen molar-refractivity contribution in [2.24, 2.45) is 0 Å². The molecule has 1 atom stereocenters. The second-order valence-corrected chi connectivity index (χ2v) is 10.5. The van der Waals surface area contributed by atoms with Crippen LogP contribution in [0.4, 0.5) is 0 Å². The number of rotatable bonds is 14. The summed E-state index contributed by atoms with van der Waals surface area (Å²) in [6.07, 6.45) is 4.23. The predicted molar refractivity (Wildman–Crippen MR) is 161 cm³/mol. The van der Waals surface area contributed by atoms with Crippen LogP contribution in [-0.4, -0.2) is 86.3 Å². The zero-order valence-corrected chi connectivity index (χ0v) is 24.9. The number of carbonyl (C=O) groups excluding carboxylic acids is 2. The summed E-state index contributed by atoms with van der Waals surface area (Å²) in [6, 6.07) is 9.86. The summed E-state index contributed by atoms with van der Waals surface area (Å²) >= 11 is 0. The molecule has 1 N–H and O–H groups in total. The first kappa shape index (κ1) is 31.1. The molecule has 9 heteroatoms. The molecule has 0 aromatic heterocycles. The molecule has 2 aromatic carbocycles. The summed E-state index contributed by atoms with van der Waals surface area (Å²) in [5, 5.41) is 11.6. The van der Waals surface area contributed by atoms with E-state index in [4.69, 9.17) is 18.9 Å². The molecule has 0 bridgehead atoms. The number of likely N-dealkylation sites (tertiary alicyclic amines) is 1. The van der Waals surface area contributed by atoms with Gasteiger partial charge in [-0.25, -0.2) is 0 Å². The Labute approximate surface area is 248 Å². The van der Waals surface area contributed by atoms with Gasteiger partial charge in [-0.1, -0.05) is 32.1 Å². The molecule has 0 aliphatic carbocycles. The zero-order chi connectivity index (χ0) is 30.1. The van der Waals surface area contributed by atoms with Crippen molar-refractivity contribution in [3.05, 3.63) is 71.3 Å². The number of unbranched alkanes of at least 4 members (excludes halogenated alkanes) is 1. The molecule has 2 fully saturated rings. The van der Waals surface area contributed by atoms with Gasteiger partial charge in [0.25, 0.3) is 11.7 Å². The number of benzene rings is 2. The van der Waals surface area contributed by atoms with Crippen molar-refractivity contribution in [1.29, 1.82) is 0 Å². The molecule has 2 aliphatic rings. The van der Waals surface area contributed by atoms with Gasteiger partial charge in [-0.3, -0.25) is 14.5 Å². The normalized spacial score (nSPS) is 18.7. The Morgan fingerprint density at radius 2 is 1.86 bits per heavy atom. The minimum absolute atomic E-state index is 0.0518. The molecule has 2 aliphatic heterocycles. The minimum Gasteiger partial charge on any atom is -0.507 e. The van der Waals surface area contributed by atoms with Gasteiger partial charge in [-0.2, -0.15) is 0 Å². The van der Waals surface area contributed by atoms with Crippen LogP contribution in [-0.2, 0) is 14.3 Å². The predicted octanol–water partition coefficient (Wildman–Crippen LogP) is 4.89. The Balaban J connectivity index is 1.72. The largest absolute Gasteiger partial charge is 0.507 e. The third-order valence-corrected chi connectivity index (χ3v) is 7.60. The van der Waals surface area contributed by atoms with E-state index < -0.39 is 17.7 Å². The van der Waals surface area contributed by atoms with Gasteiger partial charge >= 0.3 is 0 Å². The number of hydrogen-bond donors (Lipinski definition) is 1. The number of amides is 1. The smallest absolute Gasteiger partial charge is 0.295 e. The van der Waals surface area contributed by atoms with Crippen LogP contribution in [0.25, 0.3) is 5.76 Å². The van der Waals surface area contributed by atoms with E-state index in [2.05, 4.69) is 18.4 Å². The topological polar surface area (TPSA) is 97.8 Å². The summed E-state index contributed by atoms with van der Waals surface area (Å²) in [6.45, 7) is 12.7.